The molecule has 0 radical (unpaired) electrons. The highest BCUT2D eigenvalue weighted by atomic mass is 16.4. The number of hydrogen-bond acceptors (Lipinski definition) is 7. The van der Waals surface area contributed by atoms with Crippen molar-refractivity contribution in [1.29, 1.82) is 0 Å². The summed E-state index contributed by atoms with van der Waals surface area (Å²) < 4.78 is 0. The molecule has 8 N–H and O–H groups in total. The van der Waals surface area contributed by atoms with Crippen LogP contribution in [0.1, 0.15) is 32.6 Å². The average molecular weight is 415 g/mol. The second kappa shape index (κ2) is 10.4. The molecule has 1 aliphatic rings. The topological polar surface area (TPSA) is 222 Å². The Labute approximate surface area is 165 Å². The molecular weight excluding hydrogens is 390 g/mol. The Bertz CT molecular complexity index is 695. The summed E-state index contributed by atoms with van der Waals surface area (Å²) in [6, 6.07) is -5.21. The van der Waals surface area contributed by atoms with Gasteiger partial charge in [0.25, 0.3) is 0 Å². The van der Waals surface area contributed by atoms with E-state index in [1.165, 1.54) is 6.92 Å². The van der Waals surface area contributed by atoms with Crippen LogP contribution in [0.5, 0.6) is 0 Å². The molecule has 4 atom stereocenters. The fraction of sp³-hybridized carbons (Fsp3) is 0.625. The van der Waals surface area contributed by atoms with E-state index in [0.717, 1.165) is 4.90 Å². The number of likely N-dealkylation sites (tertiary alicyclic amines) is 1. The predicted octanol–water partition coefficient (Wildman–Crippen LogP) is -3.27. The minimum absolute atomic E-state index is 0.0912. The minimum Gasteiger partial charge on any atom is -0.481 e. The van der Waals surface area contributed by atoms with Gasteiger partial charge in [-0.2, -0.15) is 0 Å². The summed E-state index contributed by atoms with van der Waals surface area (Å²) in [5.41, 5.74) is 10.5. The van der Waals surface area contributed by atoms with Crippen LogP contribution in [0, 0.1) is 0 Å². The van der Waals surface area contributed by atoms with Gasteiger partial charge in [-0.1, -0.05) is 0 Å². The van der Waals surface area contributed by atoms with E-state index in [0.29, 0.717) is 6.42 Å². The number of hydrogen-bond donors (Lipinski definition) is 6. The highest BCUT2D eigenvalue weighted by Crippen LogP contribution is 2.19. The lowest BCUT2D eigenvalue weighted by Crippen LogP contribution is -2.58. The highest BCUT2D eigenvalue weighted by molar-refractivity contribution is 5.97. The Morgan fingerprint density at radius 2 is 1.62 bits per heavy atom. The van der Waals surface area contributed by atoms with Crippen molar-refractivity contribution in [3.63, 3.8) is 0 Å². The second-order valence-corrected chi connectivity index (χ2v) is 6.71. The summed E-state index contributed by atoms with van der Waals surface area (Å²) in [4.78, 5) is 71.6. The van der Waals surface area contributed by atoms with E-state index in [2.05, 4.69) is 10.6 Å². The zero-order valence-electron chi connectivity index (χ0n) is 15.8. The van der Waals surface area contributed by atoms with E-state index in [1.54, 1.807) is 0 Å². The minimum atomic E-state index is -1.59. The molecule has 0 saturated carbocycles. The summed E-state index contributed by atoms with van der Waals surface area (Å²) in [6.07, 6.45) is -0.827. The fourth-order valence-corrected chi connectivity index (χ4v) is 2.85. The van der Waals surface area contributed by atoms with Crippen molar-refractivity contribution in [2.45, 2.75) is 56.8 Å². The molecule has 1 saturated heterocycles. The van der Waals surface area contributed by atoms with Gasteiger partial charge in [-0.15, -0.1) is 0 Å². The quantitative estimate of drug-likeness (QED) is 0.210. The number of carbonyl (C=O) groups excluding carboxylic acids is 4. The first-order valence-corrected chi connectivity index (χ1v) is 8.83. The second-order valence-electron chi connectivity index (χ2n) is 6.71. The normalized spacial score (nSPS) is 19.0. The average Bonchev–Trinajstić information content (AvgIpc) is 3.08. The molecule has 4 amide bonds. The van der Waals surface area contributed by atoms with Crippen molar-refractivity contribution >= 4 is 35.6 Å². The molecule has 0 aliphatic carbocycles. The third-order valence-electron chi connectivity index (χ3n) is 4.27. The number of rotatable bonds is 10. The zero-order chi connectivity index (χ0) is 22.3. The molecule has 1 aliphatic heterocycles. The molecule has 29 heavy (non-hydrogen) atoms. The Morgan fingerprint density at radius 1 is 1.03 bits per heavy atom. The van der Waals surface area contributed by atoms with Crippen molar-refractivity contribution in [2.24, 2.45) is 11.5 Å². The number of nitrogens with one attached hydrogen (secondary N) is 2. The van der Waals surface area contributed by atoms with Gasteiger partial charge in [0.2, 0.25) is 23.6 Å². The van der Waals surface area contributed by atoms with Gasteiger partial charge in [-0.25, -0.2) is 4.79 Å². The van der Waals surface area contributed by atoms with Crippen LogP contribution in [0.4, 0.5) is 0 Å². The third-order valence-corrected chi connectivity index (χ3v) is 4.27. The van der Waals surface area contributed by atoms with Crippen molar-refractivity contribution < 1.29 is 39.0 Å². The molecule has 13 nitrogen and oxygen atoms in total. The number of nitrogens with zero attached hydrogens (tertiary/aromatic N) is 1. The molecule has 1 fully saturated rings. The molecule has 0 aromatic heterocycles. The van der Waals surface area contributed by atoms with Gasteiger partial charge < -0.3 is 37.2 Å². The molecule has 0 aromatic rings. The van der Waals surface area contributed by atoms with Crippen LogP contribution in [0.3, 0.4) is 0 Å². The third kappa shape index (κ3) is 7.03. The molecule has 0 aromatic carbocycles. The van der Waals surface area contributed by atoms with Crippen LogP contribution in [0.15, 0.2) is 0 Å². The molecule has 1 heterocycles. The van der Waals surface area contributed by atoms with Crippen LogP contribution < -0.4 is 22.1 Å². The first-order chi connectivity index (χ1) is 13.4. The monoisotopic (exact) mass is 415 g/mol. The number of nitrogens with two attached hydrogens (primary N) is 2. The largest absolute Gasteiger partial charge is 0.481 e. The lowest BCUT2D eigenvalue weighted by Gasteiger charge is -2.28. The lowest BCUT2D eigenvalue weighted by atomic mass is 10.1. The molecule has 1 rings (SSSR count). The Morgan fingerprint density at radius 3 is 2.10 bits per heavy atom. The van der Waals surface area contributed by atoms with Gasteiger partial charge in [0.1, 0.15) is 18.1 Å². The Kier molecular flexibility index (Phi) is 8.51. The lowest BCUT2D eigenvalue weighted by molar-refractivity contribution is -0.150. The SMILES string of the molecule is C[C@H](N)C(=O)N[C@@H](CC(N)=O)C(=O)N[C@@H](CC(=O)O)C(=O)N1CCC[C@H]1C(=O)O. The summed E-state index contributed by atoms with van der Waals surface area (Å²) in [7, 11) is 0. The molecule has 162 valence electrons. The maximum absolute atomic E-state index is 12.7. The van der Waals surface area contributed by atoms with Gasteiger partial charge >= 0.3 is 11.9 Å². The smallest absolute Gasteiger partial charge is 0.326 e. The highest BCUT2D eigenvalue weighted by Gasteiger charge is 2.39. The van der Waals surface area contributed by atoms with Crippen LogP contribution in [-0.4, -0.2) is 81.4 Å². The van der Waals surface area contributed by atoms with Gasteiger partial charge in [-0.05, 0) is 19.8 Å². The number of carbonyl (C=O) groups is 6. The first kappa shape index (κ1) is 23.8. The van der Waals surface area contributed by atoms with E-state index in [4.69, 9.17) is 16.6 Å². The standard InChI is InChI=1S/C16H25N5O8/c1-7(17)13(25)19-8(5-11(18)22)14(26)20-9(6-12(23)24)15(27)21-4-2-3-10(21)16(28)29/h7-10H,2-6,17H2,1H3,(H2,18,22)(H,19,25)(H,20,26)(H,23,24)(H,28,29)/t7-,8-,9-,10-/m0/s1. The first-order valence-electron chi connectivity index (χ1n) is 8.83. The van der Waals surface area contributed by atoms with E-state index < -0.39 is 72.6 Å². The van der Waals surface area contributed by atoms with Crippen molar-refractivity contribution in [3.8, 4) is 0 Å². The van der Waals surface area contributed by atoms with Gasteiger partial charge in [-0.3, -0.25) is 24.0 Å². The molecular formula is C16H25N5O8. The van der Waals surface area contributed by atoms with Gasteiger partial charge in [0.05, 0.1) is 18.9 Å². The van der Waals surface area contributed by atoms with Crippen molar-refractivity contribution in [1.82, 2.24) is 15.5 Å². The van der Waals surface area contributed by atoms with Crippen LogP contribution >= 0.6 is 0 Å². The number of carboxylic acids is 2. The molecule has 0 unspecified atom stereocenters. The maximum atomic E-state index is 12.7. The van der Waals surface area contributed by atoms with E-state index in [9.17, 15) is 33.9 Å². The molecule has 0 bridgehead atoms. The molecule has 0 spiro atoms. The van der Waals surface area contributed by atoms with E-state index >= 15 is 0 Å². The Balaban J connectivity index is 3.01. The molecule has 13 heteroatoms. The van der Waals surface area contributed by atoms with Crippen LogP contribution in [0.2, 0.25) is 0 Å². The number of amides is 4. The van der Waals surface area contributed by atoms with Gasteiger partial charge in [0, 0.05) is 6.54 Å². The summed E-state index contributed by atoms with van der Waals surface area (Å²) in [5, 5.41) is 22.6. The van der Waals surface area contributed by atoms with Crippen LogP contribution in [-0.2, 0) is 28.8 Å². The van der Waals surface area contributed by atoms with E-state index in [1.807, 2.05) is 0 Å². The van der Waals surface area contributed by atoms with E-state index in [-0.39, 0.29) is 13.0 Å². The number of primary amides is 1. The van der Waals surface area contributed by atoms with Crippen LogP contribution in [0.25, 0.3) is 0 Å². The number of aliphatic carboxylic acids is 2. The Hall–Kier alpha value is -3.22. The predicted molar refractivity (Wildman–Crippen MR) is 95.9 cm³/mol. The summed E-state index contributed by atoms with van der Waals surface area (Å²) >= 11 is 0. The number of carboxylic acid groups (broad SMARTS) is 2. The van der Waals surface area contributed by atoms with Crippen molar-refractivity contribution in [3.05, 3.63) is 0 Å². The zero-order valence-corrected chi connectivity index (χ0v) is 15.8. The summed E-state index contributed by atoms with van der Waals surface area (Å²) in [5.74, 6) is -6.27. The van der Waals surface area contributed by atoms with Gasteiger partial charge in [0.15, 0.2) is 0 Å². The fourth-order valence-electron chi connectivity index (χ4n) is 2.85. The maximum Gasteiger partial charge on any atom is 0.326 e. The summed E-state index contributed by atoms with van der Waals surface area (Å²) in [6.45, 7) is 1.43. The van der Waals surface area contributed by atoms with Crippen molar-refractivity contribution in [2.75, 3.05) is 6.54 Å².